The summed E-state index contributed by atoms with van der Waals surface area (Å²) in [7, 11) is 1.72. The van der Waals surface area contributed by atoms with Gasteiger partial charge in [-0.25, -0.2) is 0 Å². The number of ether oxygens (including phenoxy) is 1. The number of hydrogen-bond donors (Lipinski definition) is 1. The van der Waals surface area contributed by atoms with Crippen LogP contribution in [0.15, 0.2) is 24.3 Å². The summed E-state index contributed by atoms with van der Waals surface area (Å²) < 4.78 is 4.99. The summed E-state index contributed by atoms with van der Waals surface area (Å²) >= 11 is 5.83. The van der Waals surface area contributed by atoms with E-state index in [0.29, 0.717) is 6.04 Å². The second kappa shape index (κ2) is 6.83. The van der Waals surface area contributed by atoms with Crippen molar-refractivity contribution >= 4 is 11.6 Å². The van der Waals surface area contributed by atoms with Gasteiger partial charge in [-0.2, -0.15) is 0 Å². The summed E-state index contributed by atoms with van der Waals surface area (Å²) in [4.78, 5) is 0. The van der Waals surface area contributed by atoms with Crippen LogP contribution in [0.5, 0.6) is 0 Å². The minimum atomic E-state index is 0.360. The van der Waals surface area contributed by atoms with Gasteiger partial charge in [-0.05, 0) is 37.6 Å². The Labute approximate surface area is 96.6 Å². The smallest absolute Gasteiger partial charge is 0.0474 e. The number of rotatable bonds is 6. The van der Waals surface area contributed by atoms with Crippen LogP contribution in [0.25, 0.3) is 0 Å². The maximum absolute atomic E-state index is 5.83. The molecule has 2 nitrogen and oxygen atoms in total. The molecule has 1 N–H and O–H groups in total. The first-order chi connectivity index (χ1) is 7.24. The standard InChI is InChI=1S/C12H18ClNO/c1-10(14-8-3-9-15-2)11-4-6-12(13)7-5-11/h4-7,10,14H,3,8-9H2,1-2H3. The van der Waals surface area contributed by atoms with Gasteiger partial charge in [0.15, 0.2) is 0 Å². The molecule has 0 bridgehead atoms. The highest BCUT2D eigenvalue weighted by atomic mass is 35.5. The third-order valence-corrected chi connectivity index (χ3v) is 2.60. The zero-order valence-corrected chi connectivity index (χ0v) is 10.1. The van der Waals surface area contributed by atoms with Gasteiger partial charge >= 0.3 is 0 Å². The van der Waals surface area contributed by atoms with E-state index >= 15 is 0 Å². The van der Waals surface area contributed by atoms with Crippen molar-refractivity contribution in [3.8, 4) is 0 Å². The molecule has 1 unspecified atom stereocenters. The van der Waals surface area contributed by atoms with Gasteiger partial charge in [0.1, 0.15) is 0 Å². The van der Waals surface area contributed by atoms with Gasteiger partial charge in [-0.1, -0.05) is 23.7 Å². The molecule has 0 radical (unpaired) electrons. The quantitative estimate of drug-likeness (QED) is 0.755. The molecule has 0 spiro atoms. The summed E-state index contributed by atoms with van der Waals surface area (Å²) in [5.41, 5.74) is 1.26. The molecule has 0 aliphatic rings. The van der Waals surface area contributed by atoms with E-state index in [1.54, 1.807) is 7.11 Å². The lowest BCUT2D eigenvalue weighted by Crippen LogP contribution is -2.20. The zero-order chi connectivity index (χ0) is 11.1. The number of nitrogens with one attached hydrogen (secondary N) is 1. The second-order valence-corrected chi connectivity index (χ2v) is 4.01. The summed E-state index contributed by atoms with van der Waals surface area (Å²) in [5, 5.41) is 4.21. The summed E-state index contributed by atoms with van der Waals surface area (Å²) in [6.45, 7) is 3.92. The first-order valence-corrected chi connectivity index (χ1v) is 5.59. The van der Waals surface area contributed by atoms with E-state index in [2.05, 4.69) is 24.4 Å². The summed E-state index contributed by atoms with van der Waals surface area (Å²) in [5.74, 6) is 0. The van der Waals surface area contributed by atoms with Crippen LogP contribution in [-0.2, 0) is 4.74 Å². The van der Waals surface area contributed by atoms with Crippen molar-refractivity contribution in [2.75, 3.05) is 20.3 Å². The maximum atomic E-state index is 5.83. The van der Waals surface area contributed by atoms with Gasteiger partial charge in [-0.15, -0.1) is 0 Å². The van der Waals surface area contributed by atoms with Crippen molar-refractivity contribution in [1.82, 2.24) is 5.32 Å². The Bertz CT molecular complexity index is 273. The fourth-order valence-electron chi connectivity index (χ4n) is 1.40. The number of halogens is 1. The average molecular weight is 228 g/mol. The van der Waals surface area contributed by atoms with Crippen LogP contribution >= 0.6 is 11.6 Å². The van der Waals surface area contributed by atoms with E-state index in [4.69, 9.17) is 16.3 Å². The van der Waals surface area contributed by atoms with Crippen molar-refractivity contribution in [2.24, 2.45) is 0 Å². The predicted octanol–water partition coefficient (Wildman–Crippen LogP) is 3.03. The van der Waals surface area contributed by atoms with E-state index in [-0.39, 0.29) is 0 Å². The molecule has 84 valence electrons. The van der Waals surface area contributed by atoms with Crippen molar-refractivity contribution in [2.45, 2.75) is 19.4 Å². The third kappa shape index (κ3) is 4.65. The summed E-state index contributed by atoms with van der Waals surface area (Å²) in [6.07, 6.45) is 1.04. The lowest BCUT2D eigenvalue weighted by Gasteiger charge is -2.13. The lowest BCUT2D eigenvalue weighted by molar-refractivity contribution is 0.193. The topological polar surface area (TPSA) is 21.3 Å². The molecule has 3 heteroatoms. The Morgan fingerprint density at radius 3 is 2.60 bits per heavy atom. The van der Waals surface area contributed by atoms with E-state index in [9.17, 15) is 0 Å². The molecule has 1 aromatic rings. The molecule has 0 aliphatic heterocycles. The number of methoxy groups -OCH3 is 1. The Balaban J connectivity index is 2.33. The molecule has 0 fully saturated rings. The maximum Gasteiger partial charge on any atom is 0.0474 e. The monoisotopic (exact) mass is 227 g/mol. The van der Waals surface area contributed by atoms with Gasteiger partial charge in [0.2, 0.25) is 0 Å². The number of hydrogen-bond acceptors (Lipinski definition) is 2. The van der Waals surface area contributed by atoms with Crippen LogP contribution in [-0.4, -0.2) is 20.3 Å². The molecule has 1 atom stereocenters. The molecular formula is C12H18ClNO. The molecular weight excluding hydrogens is 210 g/mol. The highest BCUT2D eigenvalue weighted by Crippen LogP contribution is 2.15. The minimum absolute atomic E-state index is 0.360. The number of benzene rings is 1. The summed E-state index contributed by atoms with van der Waals surface area (Å²) in [6, 6.07) is 8.31. The predicted molar refractivity (Wildman–Crippen MR) is 64.4 cm³/mol. The molecule has 1 rings (SSSR count). The van der Waals surface area contributed by atoms with Crippen LogP contribution in [0.1, 0.15) is 24.9 Å². The molecule has 0 amide bonds. The van der Waals surface area contributed by atoms with E-state index in [0.717, 1.165) is 24.6 Å². The lowest BCUT2D eigenvalue weighted by atomic mass is 10.1. The van der Waals surface area contributed by atoms with E-state index in [1.807, 2.05) is 12.1 Å². The Morgan fingerprint density at radius 1 is 1.33 bits per heavy atom. The Hall–Kier alpha value is -0.570. The minimum Gasteiger partial charge on any atom is -0.385 e. The molecule has 0 saturated heterocycles. The molecule has 0 aromatic heterocycles. The molecule has 1 aromatic carbocycles. The molecule has 0 saturated carbocycles. The van der Waals surface area contributed by atoms with E-state index < -0.39 is 0 Å². The zero-order valence-electron chi connectivity index (χ0n) is 9.29. The van der Waals surface area contributed by atoms with Gasteiger partial charge in [0, 0.05) is 24.8 Å². The SMILES string of the molecule is COCCCNC(C)c1ccc(Cl)cc1. The normalized spacial score (nSPS) is 12.7. The van der Waals surface area contributed by atoms with Crippen molar-refractivity contribution in [3.05, 3.63) is 34.9 Å². The van der Waals surface area contributed by atoms with Gasteiger partial charge in [-0.3, -0.25) is 0 Å². The van der Waals surface area contributed by atoms with Crippen molar-refractivity contribution < 1.29 is 4.74 Å². The first kappa shape index (κ1) is 12.5. The fourth-order valence-corrected chi connectivity index (χ4v) is 1.53. The molecule has 0 heterocycles. The van der Waals surface area contributed by atoms with Crippen LogP contribution in [0.4, 0.5) is 0 Å². The van der Waals surface area contributed by atoms with Crippen molar-refractivity contribution in [1.29, 1.82) is 0 Å². The van der Waals surface area contributed by atoms with Gasteiger partial charge < -0.3 is 10.1 Å². The van der Waals surface area contributed by atoms with Gasteiger partial charge in [0.05, 0.1) is 0 Å². The van der Waals surface area contributed by atoms with Crippen molar-refractivity contribution in [3.63, 3.8) is 0 Å². The second-order valence-electron chi connectivity index (χ2n) is 3.57. The van der Waals surface area contributed by atoms with Crippen LogP contribution in [0, 0.1) is 0 Å². The Morgan fingerprint density at radius 2 is 2.00 bits per heavy atom. The molecule has 0 aliphatic carbocycles. The van der Waals surface area contributed by atoms with Crippen LogP contribution < -0.4 is 5.32 Å². The van der Waals surface area contributed by atoms with Crippen LogP contribution in [0.2, 0.25) is 5.02 Å². The molecule has 15 heavy (non-hydrogen) atoms. The van der Waals surface area contributed by atoms with Crippen LogP contribution in [0.3, 0.4) is 0 Å². The highest BCUT2D eigenvalue weighted by molar-refractivity contribution is 6.30. The average Bonchev–Trinajstić information content (AvgIpc) is 2.25. The highest BCUT2D eigenvalue weighted by Gasteiger charge is 2.03. The van der Waals surface area contributed by atoms with Gasteiger partial charge in [0.25, 0.3) is 0 Å². The Kier molecular flexibility index (Phi) is 5.69. The fraction of sp³-hybridized carbons (Fsp3) is 0.500. The third-order valence-electron chi connectivity index (χ3n) is 2.35. The van der Waals surface area contributed by atoms with E-state index in [1.165, 1.54) is 5.56 Å². The largest absolute Gasteiger partial charge is 0.385 e. The first-order valence-electron chi connectivity index (χ1n) is 5.22.